The Balaban J connectivity index is 3.00. The fourth-order valence-electron chi connectivity index (χ4n) is 2.22. The molecular weight excluding hydrogens is 344 g/mol. The van der Waals surface area contributed by atoms with E-state index in [-0.39, 0.29) is 0 Å². The van der Waals surface area contributed by atoms with Crippen LogP contribution in [0.2, 0.25) is 0 Å². The number of aromatic nitrogens is 2. The number of alkyl halides is 1. The maximum atomic E-state index is 4.55. The number of nitrogens with zero attached hydrogens (tertiary/aromatic N) is 2. The van der Waals surface area contributed by atoms with Crippen molar-refractivity contribution in [1.29, 1.82) is 0 Å². The van der Waals surface area contributed by atoms with Crippen molar-refractivity contribution >= 4 is 31.9 Å². The molecule has 4 heteroatoms. The van der Waals surface area contributed by atoms with E-state index in [0.29, 0.717) is 16.7 Å². The minimum absolute atomic E-state index is 0.523. The molecule has 1 aromatic rings. The average Bonchev–Trinajstić information content (AvgIpc) is 2.51. The summed E-state index contributed by atoms with van der Waals surface area (Å²) >= 11 is 7.40. The topological polar surface area (TPSA) is 17.8 Å². The first-order valence-electron chi connectivity index (χ1n) is 6.24. The van der Waals surface area contributed by atoms with Crippen molar-refractivity contribution < 1.29 is 0 Å². The molecule has 98 valence electrons. The Hall–Kier alpha value is 0.170. The molecule has 2 nitrogen and oxygen atoms in total. The summed E-state index contributed by atoms with van der Waals surface area (Å²) in [5.41, 5.74) is 2.42. The zero-order chi connectivity index (χ0) is 13.2. The summed E-state index contributed by atoms with van der Waals surface area (Å²) in [6.45, 7) is 11.9. The van der Waals surface area contributed by atoms with E-state index in [1.807, 2.05) is 0 Å². The minimum Gasteiger partial charge on any atom is -0.268 e. The average molecular weight is 366 g/mol. The van der Waals surface area contributed by atoms with Gasteiger partial charge in [0, 0.05) is 11.4 Å². The lowest BCUT2D eigenvalue weighted by Gasteiger charge is -2.24. The Morgan fingerprint density at radius 1 is 1.29 bits per heavy atom. The molecule has 0 aliphatic rings. The van der Waals surface area contributed by atoms with Gasteiger partial charge >= 0.3 is 0 Å². The van der Waals surface area contributed by atoms with Gasteiger partial charge in [-0.1, -0.05) is 36.7 Å². The molecule has 1 rings (SSSR count). The Labute approximate surface area is 121 Å². The van der Waals surface area contributed by atoms with Gasteiger partial charge in [-0.15, -0.1) is 0 Å². The highest BCUT2D eigenvalue weighted by atomic mass is 79.9. The number of hydrogen-bond donors (Lipinski definition) is 0. The summed E-state index contributed by atoms with van der Waals surface area (Å²) in [6.07, 6.45) is 1.07. The summed E-state index contributed by atoms with van der Waals surface area (Å²) in [6, 6.07) is 0. The van der Waals surface area contributed by atoms with Crippen LogP contribution in [-0.2, 0) is 13.0 Å². The van der Waals surface area contributed by atoms with E-state index < -0.39 is 0 Å². The lowest BCUT2D eigenvalue weighted by Crippen LogP contribution is -2.22. The summed E-state index contributed by atoms with van der Waals surface area (Å²) in [7, 11) is 0. The Morgan fingerprint density at radius 2 is 1.88 bits per heavy atom. The number of halogens is 2. The van der Waals surface area contributed by atoms with Crippen molar-refractivity contribution in [2.75, 3.05) is 0 Å². The van der Waals surface area contributed by atoms with Gasteiger partial charge in [-0.3, -0.25) is 4.68 Å². The van der Waals surface area contributed by atoms with Crippen molar-refractivity contribution in [2.24, 2.45) is 11.8 Å². The quantitative estimate of drug-likeness (QED) is 0.698. The van der Waals surface area contributed by atoms with E-state index in [1.54, 1.807) is 0 Å². The van der Waals surface area contributed by atoms with Crippen LogP contribution < -0.4 is 0 Å². The molecular formula is C13H22Br2N2. The fourth-order valence-corrected chi connectivity index (χ4v) is 3.46. The van der Waals surface area contributed by atoms with Gasteiger partial charge in [-0.05, 0) is 48.0 Å². The highest BCUT2D eigenvalue weighted by molar-refractivity contribution is 9.10. The number of aryl methyl sites for hydroxylation is 2. The molecule has 0 saturated heterocycles. The van der Waals surface area contributed by atoms with Crippen LogP contribution in [-0.4, -0.2) is 14.6 Å². The third-order valence-electron chi connectivity index (χ3n) is 3.33. The molecule has 1 heterocycles. The first kappa shape index (κ1) is 15.2. The first-order chi connectivity index (χ1) is 7.88. The predicted octanol–water partition coefficient (Wildman–Crippen LogP) is 4.57. The van der Waals surface area contributed by atoms with Crippen LogP contribution in [0.25, 0.3) is 0 Å². The van der Waals surface area contributed by atoms with Crippen LogP contribution >= 0.6 is 31.9 Å². The Kier molecular flexibility index (Phi) is 5.71. The molecule has 0 N–H and O–H groups in total. The van der Waals surface area contributed by atoms with Gasteiger partial charge in [0.15, 0.2) is 0 Å². The maximum absolute atomic E-state index is 4.55. The van der Waals surface area contributed by atoms with Crippen LogP contribution in [0.1, 0.15) is 39.1 Å². The number of rotatable bonds is 5. The van der Waals surface area contributed by atoms with Gasteiger partial charge < -0.3 is 0 Å². The lowest BCUT2D eigenvalue weighted by molar-refractivity contribution is 0.372. The standard InChI is InChI=1S/C13H22Br2N2/c1-6-17-12(13(15)10(5)16-17)7-11(8(2)3)9(4)14/h8-9,11H,6-7H2,1-5H3. The summed E-state index contributed by atoms with van der Waals surface area (Å²) in [4.78, 5) is 0.523. The minimum atomic E-state index is 0.523. The predicted molar refractivity (Wildman–Crippen MR) is 80.8 cm³/mol. The molecule has 17 heavy (non-hydrogen) atoms. The van der Waals surface area contributed by atoms with Crippen LogP contribution in [0.15, 0.2) is 4.47 Å². The van der Waals surface area contributed by atoms with E-state index in [2.05, 4.69) is 76.3 Å². The molecule has 0 radical (unpaired) electrons. The highest BCUT2D eigenvalue weighted by Crippen LogP contribution is 2.30. The van der Waals surface area contributed by atoms with Gasteiger partial charge in [0.25, 0.3) is 0 Å². The molecule has 0 aromatic carbocycles. The Morgan fingerprint density at radius 3 is 2.29 bits per heavy atom. The van der Waals surface area contributed by atoms with Crippen molar-refractivity contribution in [3.05, 3.63) is 15.9 Å². The molecule has 0 aliphatic heterocycles. The van der Waals surface area contributed by atoms with Gasteiger partial charge in [0.2, 0.25) is 0 Å². The Bertz CT molecular complexity index is 362. The van der Waals surface area contributed by atoms with Crippen LogP contribution in [0.3, 0.4) is 0 Å². The van der Waals surface area contributed by atoms with Crippen LogP contribution in [0, 0.1) is 18.8 Å². The van der Waals surface area contributed by atoms with Crippen LogP contribution in [0.4, 0.5) is 0 Å². The molecule has 0 amide bonds. The van der Waals surface area contributed by atoms with Gasteiger partial charge in [-0.2, -0.15) is 5.10 Å². The van der Waals surface area contributed by atoms with Gasteiger partial charge in [0.05, 0.1) is 15.9 Å². The molecule has 0 saturated carbocycles. The third kappa shape index (κ3) is 3.57. The van der Waals surface area contributed by atoms with Crippen molar-refractivity contribution in [3.8, 4) is 0 Å². The summed E-state index contributed by atoms with van der Waals surface area (Å²) in [5, 5.41) is 4.55. The molecule has 0 aliphatic carbocycles. The van der Waals surface area contributed by atoms with E-state index in [0.717, 1.165) is 18.7 Å². The lowest BCUT2D eigenvalue weighted by atomic mass is 9.89. The molecule has 2 atom stereocenters. The smallest absolute Gasteiger partial charge is 0.0738 e. The van der Waals surface area contributed by atoms with E-state index in [1.165, 1.54) is 10.2 Å². The van der Waals surface area contributed by atoms with Gasteiger partial charge in [0.1, 0.15) is 0 Å². The molecule has 0 bridgehead atoms. The number of hydrogen-bond acceptors (Lipinski definition) is 1. The second-order valence-electron chi connectivity index (χ2n) is 4.95. The van der Waals surface area contributed by atoms with Crippen molar-refractivity contribution in [1.82, 2.24) is 9.78 Å². The van der Waals surface area contributed by atoms with Crippen molar-refractivity contribution in [3.63, 3.8) is 0 Å². The van der Waals surface area contributed by atoms with Crippen molar-refractivity contribution in [2.45, 2.75) is 52.4 Å². The molecule has 0 fully saturated rings. The zero-order valence-corrected chi connectivity index (χ0v) is 14.5. The fraction of sp³-hybridized carbons (Fsp3) is 0.769. The molecule has 0 spiro atoms. The second-order valence-corrected chi connectivity index (χ2v) is 7.19. The SMILES string of the molecule is CCn1nc(C)c(Br)c1CC(C(C)C)C(C)Br. The first-order valence-corrected chi connectivity index (χ1v) is 7.95. The summed E-state index contributed by atoms with van der Waals surface area (Å²) < 4.78 is 3.29. The molecule has 2 unspecified atom stereocenters. The second kappa shape index (κ2) is 6.37. The monoisotopic (exact) mass is 364 g/mol. The zero-order valence-electron chi connectivity index (χ0n) is 11.3. The van der Waals surface area contributed by atoms with Gasteiger partial charge in [-0.25, -0.2) is 0 Å². The molecule has 1 aromatic heterocycles. The normalized spacial score (nSPS) is 15.3. The third-order valence-corrected chi connectivity index (χ3v) is 5.04. The largest absolute Gasteiger partial charge is 0.268 e. The van der Waals surface area contributed by atoms with E-state index in [9.17, 15) is 0 Å². The highest BCUT2D eigenvalue weighted by Gasteiger charge is 2.23. The van der Waals surface area contributed by atoms with Crippen LogP contribution in [0.5, 0.6) is 0 Å². The summed E-state index contributed by atoms with van der Waals surface area (Å²) in [5.74, 6) is 1.30. The van der Waals surface area contributed by atoms with E-state index in [4.69, 9.17) is 0 Å². The van der Waals surface area contributed by atoms with E-state index >= 15 is 0 Å². The maximum Gasteiger partial charge on any atom is 0.0738 e.